The molecule has 0 bridgehead atoms. The topological polar surface area (TPSA) is 197 Å². The number of imidazole rings is 1. The SMILES string of the molecule is C.C[C@@]1(F)[C@H](O)CO[C@H]1n1cnc2c(=O)[nH]c(N)nc21.O=P(O)(O)O. The number of alkyl halides is 1. The van der Waals surface area contributed by atoms with Gasteiger partial charge in [0.15, 0.2) is 23.1 Å². The van der Waals surface area contributed by atoms with Crippen LogP contribution in [0.15, 0.2) is 11.1 Å². The van der Waals surface area contributed by atoms with Gasteiger partial charge in [-0.25, -0.2) is 13.9 Å². The van der Waals surface area contributed by atoms with Crippen LogP contribution in [0.3, 0.4) is 0 Å². The molecule has 1 saturated heterocycles. The second-order valence-electron chi connectivity index (χ2n) is 5.14. The fourth-order valence-electron chi connectivity index (χ4n) is 2.14. The lowest BCUT2D eigenvalue weighted by Gasteiger charge is -2.24. The Bertz CT molecular complexity index is 839. The summed E-state index contributed by atoms with van der Waals surface area (Å²) < 4.78 is 29.8. The van der Waals surface area contributed by atoms with E-state index >= 15 is 0 Å². The molecule has 3 atom stereocenters. The number of hydrogen-bond acceptors (Lipinski definition) is 7. The van der Waals surface area contributed by atoms with Crippen LogP contribution in [0.5, 0.6) is 0 Å². The number of phosphoric acid groups is 1. The van der Waals surface area contributed by atoms with Crippen LogP contribution >= 0.6 is 7.82 Å². The number of fused-ring (bicyclic) bond motifs is 1. The fourth-order valence-corrected chi connectivity index (χ4v) is 2.14. The Morgan fingerprint density at radius 3 is 2.56 bits per heavy atom. The van der Waals surface area contributed by atoms with Crippen molar-refractivity contribution in [2.24, 2.45) is 0 Å². The van der Waals surface area contributed by atoms with Gasteiger partial charge < -0.3 is 30.3 Å². The maximum Gasteiger partial charge on any atom is 0.466 e. The van der Waals surface area contributed by atoms with Crippen LogP contribution < -0.4 is 11.3 Å². The number of H-pyrrole nitrogens is 1. The van der Waals surface area contributed by atoms with Gasteiger partial charge in [0, 0.05) is 0 Å². The van der Waals surface area contributed by atoms with E-state index in [9.17, 15) is 14.3 Å². The quantitative estimate of drug-likeness (QED) is 0.333. The molecule has 0 spiro atoms. The zero-order valence-corrected chi connectivity index (χ0v) is 13.1. The Morgan fingerprint density at radius 1 is 1.52 bits per heavy atom. The molecule has 1 aliphatic heterocycles. The smallest absolute Gasteiger partial charge is 0.387 e. The number of rotatable bonds is 1. The van der Waals surface area contributed by atoms with Crippen molar-refractivity contribution in [3.63, 3.8) is 0 Å². The Balaban J connectivity index is 0.000000462. The first-order valence-electron chi connectivity index (χ1n) is 6.40. The minimum absolute atomic E-state index is 0. The standard InChI is InChI=1S/C10H12FN5O3.CH4.H3O4P/c1-10(11)4(17)2-19-8(10)16-3-13-5-6(16)14-9(12)15-7(5)18;;1-5(2,3)4/h3-4,8,17H,2H2,1H3,(H3,12,14,15,18);1H4;(H3,1,2,3,4)/t4-,8-,10-;;/m1../s1. The van der Waals surface area contributed by atoms with Crippen LogP contribution in [0.1, 0.15) is 20.6 Å². The second kappa shape index (κ2) is 7.15. The van der Waals surface area contributed by atoms with Gasteiger partial charge in [-0.1, -0.05) is 7.43 Å². The molecule has 12 nitrogen and oxygen atoms in total. The number of aliphatic hydroxyl groups is 1. The van der Waals surface area contributed by atoms with Gasteiger partial charge in [-0.05, 0) is 6.92 Å². The molecule has 1 aliphatic rings. The monoisotopic (exact) mass is 383 g/mol. The maximum absolute atomic E-state index is 14.4. The number of anilines is 1. The van der Waals surface area contributed by atoms with Crippen molar-refractivity contribution in [1.29, 1.82) is 0 Å². The van der Waals surface area contributed by atoms with Gasteiger partial charge in [0.25, 0.3) is 5.56 Å². The van der Waals surface area contributed by atoms with E-state index < -0.39 is 31.4 Å². The third kappa shape index (κ3) is 4.60. The van der Waals surface area contributed by atoms with Crippen LogP contribution in [0.4, 0.5) is 10.3 Å². The van der Waals surface area contributed by atoms with Crippen LogP contribution in [0.25, 0.3) is 11.2 Å². The van der Waals surface area contributed by atoms with Gasteiger partial charge in [0.2, 0.25) is 5.95 Å². The number of ether oxygens (including phenoxy) is 1. The number of nitrogen functional groups attached to an aromatic ring is 1. The van der Waals surface area contributed by atoms with Gasteiger partial charge in [-0.3, -0.25) is 14.3 Å². The summed E-state index contributed by atoms with van der Waals surface area (Å²) in [6.07, 6.45) is -1.12. The normalized spacial score (nSPS) is 26.0. The van der Waals surface area contributed by atoms with E-state index in [1.165, 1.54) is 17.8 Å². The van der Waals surface area contributed by atoms with Crippen LogP contribution in [0.2, 0.25) is 0 Å². The molecule has 0 saturated carbocycles. The second-order valence-corrected chi connectivity index (χ2v) is 6.17. The molecule has 25 heavy (non-hydrogen) atoms. The average molecular weight is 383 g/mol. The fraction of sp³-hybridized carbons (Fsp3) is 0.545. The number of aromatic amines is 1. The third-order valence-electron chi connectivity index (χ3n) is 3.25. The number of aliphatic hydroxyl groups excluding tert-OH is 1. The van der Waals surface area contributed by atoms with E-state index in [1.54, 1.807) is 0 Å². The van der Waals surface area contributed by atoms with Gasteiger partial charge in [-0.2, -0.15) is 4.98 Å². The van der Waals surface area contributed by atoms with Crippen LogP contribution in [-0.2, 0) is 9.30 Å². The number of nitrogens with zero attached hydrogens (tertiary/aromatic N) is 3. The molecule has 2 aromatic heterocycles. The highest BCUT2D eigenvalue weighted by Gasteiger charge is 2.50. The highest BCUT2D eigenvalue weighted by Crippen LogP contribution is 2.38. The lowest BCUT2D eigenvalue weighted by molar-refractivity contribution is -0.0339. The Morgan fingerprint density at radius 2 is 2.08 bits per heavy atom. The molecule has 0 radical (unpaired) electrons. The van der Waals surface area contributed by atoms with E-state index in [0.29, 0.717) is 0 Å². The number of aromatic nitrogens is 4. The Hall–Kier alpha value is -1.89. The van der Waals surface area contributed by atoms with E-state index in [-0.39, 0.29) is 31.1 Å². The third-order valence-corrected chi connectivity index (χ3v) is 3.25. The molecule has 3 rings (SSSR count). The van der Waals surface area contributed by atoms with Crippen molar-refractivity contribution in [1.82, 2.24) is 19.5 Å². The van der Waals surface area contributed by atoms with Crippen molar-refractivity contribution in [3.05, 3.63) is 16.7 Å². The first-order valence-corrected chi connectivity index (χ1v) is 7.97. The first-order chi connectivity index (χ1) is 10.9. The molecule has 0 aliphatic carbocycles. The lowest BCUT2D eigenvalue weighted by Crippen LogP contribution is -2.37. The minimum atomic E-state index is -4.64. The summed E-state index contributed by atoms with van der Waals surface area (Å²) in [5.41, 5.74) is 3.09. The van der Waals surface area contributed by atoms with E-state index in [1.807, 2.05) is 0 Å². The van der Waals surface area contributed by atoms with E-state index in [0.717, 1.165) is 0 Å². The van der Waals surface area contributed by atoms with Crippen molar-refractivity contribution in [2.75, 3.05) is 12.3 Å². The molecule has 7 N–H and O–H groups in total. The molecule has 14 heteroatoms. The van der Waals surface area contributed by atoms with Crippen molar-refractivity contribution in [3.8, 4) is 0 Å². The summed E-state index contributed by atoms with van der Waals surface area (Å²) in [5, 5.41) is 9.56. The van der Waals surface area contributed by atoms with Crippen LogP contribution in [-0.4, -0.2) is 57.7 Å². The summed E-state index contributed by atoms with van der Waals surface area (Å²) in [4.78, 5) is 43.3. The molecule has 0 unspecified atom stereocenters. The molecular formula is C11H19FN5O7P. The Kier molecular flexibility index (Phi) is 6.05. The van der Waals surface area contributed by atoms with Crippen molar-refractivity contribution >= 4 is 24.9 Å². The highest BCUT2D eigenvalue weighted by molar-refractivity contribution is 7.45. The molecular weight excluding hydrogens is 364 g/mol. The molecule has 1 fully saturated rings. The van der Waals surface area contributed by atoms with Crippen LogP contribution in [0, 0.1) is 0 Å². The summed E-state index contributed by atoms with van der Waals surface area (Å²) in [6.45, 7) is 1.08. The predicted molar refractivity (Wildman–Crippen MR) is 84.1 cm³/mol. The minimum Gasteiger partial charge on any atom is -0.387 e. The van der Waals surface area contributed by atoms with Crippen molar-refractivity contribution < 1.29 is 33.5 Å². The largest absolute Gasteiger partial charge is 0.466 e. The summed E-state index contributed by atoms with van der Waals surface area (Å²) >= 11 is 0. The number of nitrogens with one attached hydrogen (secondary N) is 1. The molecule has 2 aromatic rings. The van der Waals surface area contributed by atoms with Gasteiger partial charge in [-0.15, -0.1) is 0 Å². The maximum atomic E-state index is 14.4. The molecule has 3 heterocycles. The molecule has 0 amide bonds. The van der Waals surface area contributed by atoms with Gasteiger partial charge in [0.05, 0.1) is 12.9 Å². The zero-order chi connectivity index (χ0) is 18.3. The highest BCUT2D eigenvalue weighted by atomic mass is 31.2. The lowest BCUT2D eigenvalue weighted by atomic mass is 10.0. The predicted octanol–water partition coefficient (Wildman–Crippen LogP) is -0.973. The van der Waals surface area contributed by atoms with E-state index in [2.05, 4.69) is 15.0 Å². The summed E-state index contributed by atoms with van der Waals surface area (Å²) in [5.74, 6) is -0.0987. The average Bonchev–Trinajstić information content (AvgIpc) is 2.90. The Labute approximate surface area is 140 Å². The van der Waals surface area contributed by atoms with Gasteiger partial charge >= 0.3 is 7.82 Å². The number of halogens is 1. The van der Waals surface area contributed by atoms with Gasteiger partial charge in [0.1, 0.15) is 6.10 Å². The number of hydrogen-bond donors (Lipinski definition) is 6. The first kappa shape index (κ1) is 21.2. The molecule has 0 aromatic carbocycles. The zero-order valence-electron chi connectivity index (χ0n) is 12.2. The molecule has 142 valence electrons. The summed E-state index contributed by atoms with van der Waals surface area (Å²) in [7, 11) is -4.64. The van der Waals surface area contributed by atoms with E-state index in [4.69, 9.17) is 29.7 Å². The van der Waals surface area contributed by atoms with Crippen molar-refractivity contribution in [2.45, 2.75) is 32.4 Å². The summed E-state index contributed by atoms with van der Waals surface area (Å²) in [6, 6.07) is 0. The number of nitrogens with two attached hydrogens (primary N) is 1.